The average Bonchev–Trinajstić information content (AvgIpc) is 1.49. The van der Waals surface area contributed by atoms with Gasteiger partial charge in [0, 0.05) is 100.0 Å². The minimum absolute atomic E-state index is 1.11. The Bertz CT molecular complexity index is 9970. The summed E-state index contributed by atoms with van der Waals surface area (Å²) in [5.41, 5.74) is 33.0. The van der Waals surface area contributed by atoms with Gasteiger partial charge in [0.15, 0.2) is 0 Å². The van der Waals surface area contributed by atoms with Crippen molar-refractivity contribution in [2.75, 3.05) is 14.7 Å². The Hall–Kier alpha value is -19.9. The van der Waals surface area contributed by atoms with Gasteiger partial charge in [0.25, 0.3) is 0 Å². The molecule has 0 N–H and O–H groups in total. The lowest BCUT2D eigenvalue weighted by atomic mass is 9.96. The second-order valence-electron chi connectivity index (χ2n) is 38.6. The first-order valence-corrected chi connectivity index (χ1v) is 51.5. The Labute approximate surface area is 870 Å². The molecule has 0 spiro atoms. The van der Waals surface area contributed by atoms with E-state index < -0.39 is 0 Å². The smallest absolute Gasteiger partial charge is 0.0541 e. The Morgan fingerprint density at radius 3 is 0.773 bits per heavy atom. The van der Waals surface area contributed by atoms with E-state index in [1.165, 1.54) is 197 Å². The van der Waals surface area contributed by atoms with E-state index in [0.717, 1.165) is 56.9 Å². The number of fused-ring (bicyclic) bond motifs is 15. The molecule has 0 radical (unpaired) electrons. The molecule has 0 saturated carbocycles. The maximum atomic E-state index is 2.42. The van der Waals surface area contributed by atoms with E-state index in [0.29, 0.717) is 0 Å². The summed E-state index contributed by atoms with van der Waals surface area (Å²) < 4.78 is 7.17. The van der Waals surface area contributed by atoms with Gasteiger partial charge in [-0.3, -0.25) is 0 Å². The van der Waals surface area contributed by atoms with Gasteiger partial charge in [0.1, 0.15) is 0 Å². The number of hydrogen-bond donors (Lipinski definition) is 0. The van der Waals surface area contributed by atoms with E-state index in [1.54, 1.807) is 0 Å². The topological polar surface area (TPSA) is 24.5 Å². The van der Waals surface area contributed by atoms with Gasteiger partial charge < -0.3 is 28.4 Å². The van der Waals surface area contributed by atoms with Crippen molar-refractivity contribution in [2.24, 2.45) is 0 Å². The van der Waals surface area contributed by atoms with Crippen LogP contribution in [-0.4, -0.2) is 13.7 Å². The van der Waals surface area contributed by atoms with Crippen LogP contribution in [0.4, 0.5) is 51.2 Å². The van der Waals surface area contributed by atoms with Crippen molar-refractivity contribution in [2.45, 2.75) is 0 Å². The Morgan fingerprint density at radius 2 is 0.367 bits per heavy atom. The molecule has 0 saturated heterocycles. The second-order valence-corrected chi connectivity index (χ2v) is 38.6. The lowest BCUT2D eigenvalue weighted by Crippen LogP contribution is -2.10. The van der Waals surface area contributed by atoms with E-state index in [4.69, 9.17) is 0 Å². The zero-order chi connectivity index (χ0) is 99.3. The van der Waals surface area contributed by atoms with Crippen molar-refractivity contribution in [3.63, 3.8) is 0 Å². The quantitative estimate of drug-likeness (QED) is 0.0908. The maximum Gasteiger partial charge on any atom is 0.0541 e. The molecule has 150 heavy (non-hydrogen) atoms. The van der Waals surface area contributed by atoms with E-state index in [2.05, 4.69) is 623 Å². The molecule has 0 aliphatic rings. The minimum Gasteiger partial charge on any atom is -0.311 e. The molecular formula is C144H98N6. The molecule has 6 heteroatoms. The number of hydrogen-bond acceptors (Lipinski definition) is 3. The van der Waals surface area contributed by atoms with Crippen molar-refractivity contribution in [3.8, 4) is 72.7 Å². The lowest BCUT2D eigenvalue weighted by Gasteiger charge is -2.27. The molecule has 3 aromatic heterocycles. The number of rotatable bonds is 17. The van der Waals surface area contributed by atoms with Gasteiger partial charge in [0.05, 0.1) is 44.5 Å². The van der Waals surface area contributed by atoms with Crippen molar-refractivity contribution in [1.29, 1.82) is 0 Å². The Balaban J connectivity index is 0.000000111. The standard InChI is InChI=1S/2C50H34N2.C44H30N2/c1-2-14-40(15-3-1)51(41-28-24-36(25-29-41)39-23-22-35-12-4-5-13-38(35)34-39)50-33-32-43(44-16-6-7-17-45(44)50)37-26-30-42(31-27-37)52-48-20-10-8-18-46(48)47-19-9-11-21-49(47)52;1-2-14-40(15-3-1)51(41-28-24-36(25-29-41)39-23-22-35-12-4-5-13-38(35)34-39)42-30-26-37(27-31-42)43-32-33-50(45-17-7-6-16-44(43)45)52-48-20-10-8-18-46(48)47-19-9-11-21-49(47)52;1-2-12-37(13-3-1)45(38-24-20-32(21-25-38)34-19-18-31-10-4-5-11-33(31)28-34)39-26-22-36-30-40(27-23-35(36)29-39)46-43-16-8-6-14-41(43)42-15-7-9-17-44(42)46/h2*1-34H;1-30H. The zero-order valence-electron chi connectivity index (χ0n) is 82.3. The summed E-state index contributed by atoms with van der Waals surface area (Å²) in [7, 11) is 0. The zero-order valence-corrected chi connectivity index (χ0v) is 82.3. The maximum absolute atomic E-state index is 2.42. The van der Waals surface area contributed by atoms with E-state index >= 15 is 0 Å². The lowest BCUT2D eigenvalue weighted by molar-refractivity contribution is 1.18. The summed E-state index contributed by atoms with van der Waals surface area (Å²) >= 11 is 0. The van der Waals surface area contributed by atoms with Crippen molar-refractivity contribution < 1.29 is 0 Å². The second kappa shape index (κ2) is 38.6. The Kier molecular flexibility index (Phi) is 22.9. The largest absolute Gasteiger partial charge is 0.311 e. The molecule has 0 fully saturated rings. The molecule has 29 rings (SSSR count). The van der Waals surface area contributed by atoms with Crippen LogP contribution in [0.3, 0.4) is 0 Å². The average molecular weight is 1910 g/mol. The molecule has 29 aromatic rings. The molecule has 0 bridgehead atoms. The first-order valence-electron chi connectivity index (χ1n) is 51.5. The molecule has 3 heterocycles. The van der Waals surface area contributed by atoms with Crippen LogP contribution in [0.25, 0.3) is 203 Å². The van der Waals surface area contributed by atoms with Crippen molar-refractivity contribution >= 4 is 181 Å². The van der Waals surface area contributed by atoms with Crippen LogP contribution in [0.15, 0.2) is 595 Å². The highest BCUT2D eigenvalue weighted by Gasteiger charge is 2.24. The van der Waals surface area contributed by atoms with Gasteiger partial charge in [-0.05, 0) is 298 Å². The number of para-hydroxylation sites is 9. The molecule has 26 aromatic carbocycles. The van der Waals surface area contributed by atoms with Gasteiger partial charge in [-0.25, -0.2) is 0 Å². The van der Waals surface area contributed by atoms with Crippen LogP contribution in [0, 0.1) is 0 Å². The van der Waals surface area contributed by atoms with Crippen LogP contribution in [0.5, 0.6) is 0 Å². The molecule has 6 nitrogen and oxygen atoms in total. The molecule has 0 atom stereocenters. The predicted molar refractivity (Wildman–Crippen MR) is 639 cm³/mol. The number of anilines is 9. The van der Waals surface area contributed by atoms with E-state index in [1.807, 2.05) is 0 Å². The van der Waals surface area contributed by atoms with Crippen molar-refractivity contribution in [1.82, 2.24) is 13.7 Å². The summed E-state index contributed by atoms with van der Waals surface area (Å²) in [5, 5.41) is 22.5. The van der Waals surface area contributed by atoms with Crippen LogP contribution >= 0.6 is 0 Å². The van der Waals surface area contributed by atoms with Crippen LogP contribution in [0.2, 0.25) is 0 Å². The molecule has 0 unspecified atom stereocenters. The normalized spacial score (nSPS) is 11.5. The summed E-state index contributed by atoms with van der Waals surface area (Å²) in [6.45, 7) is 0. The fraction of sp³-hybridized carbons (Fsp3) is 0. The minimum atomic E-state index is 1.11. The highest BCUT2D eigenvalue weighted by molar-refractivity contribution is 6.15. The number of aromatic nitrogens is 3. The summed E-state index contributed by atoms with van der Waals surface area (Å²) in [6.07, 6.45) is 0. The highest BCUT2D eigenvalue weighted by atomic mass is 15.2. The number of benzene rings is 26. The molecule has 0 amide bonds. The Morgan fingerprint density at radius 1 is 0.120 bits per heavy atom. The monoisotopic (exact) mass is 1910 g/mol. The van der Waals surface area contributed by atoms with E-state index in [-0.39, 0.29) is 0 Å². The van der Waals surface area contributed by atoms with Gasteiger partial charge >= 0.3 is 0 Å². The highest BCUT2D eigenvalue weighted by Crippen LogP contribution is 2.48. The third-order valence-electron chi connectivity index (χ3n) is 29.9. The first kappa shape index (κ1) is 89.0. The van der Waals surface area contributed by atoms with Gasteiger partial charge in [-0.15, -0.1) is 0 Å². The fourth-order valence-corrected chi connectivity index (χ4v) is 22.7. The SMILES string of the molecule is c1ccc(N(c2ccc(-c3ccc4ccccc4c3)cc2)c2ccc(-c3ccc(-n4c5ccccc5c5ccccc54)c4ccccc34)cc2)cc1.c1ccc(N(c2ccc(-c3ccc4ccccc4c3)cc2)c2ccc(-c3ccc(-n4c5ccccc5c5ccccc54)cc3)c3ccccc23)cc1.c1ccc(N(c2ccc(-c3ccc4ccccc4c3)cc2)c2ccc3cc(-n4c5ccccc5c5ccccc54)ccc3c2)cc1. The van der Waals surface area contributed by atoms with E-state index in [9.17, 15) is 0 Å². The molecule has 0 aliphatic heterocycles. The first-order chi connectivity index (χ1) is 74.4. The molecular weight excluding hydrogens is 1810 g/mol. The van der Waals surface area contributed by atoms with Gasteiger partial charge in [-0.2, -0.15) is 0 Å². The number of nitrogens with zero attached hydrogens (tertiary/aromatic N) is 6. The third kappa shape index (κ3) is 16.5. The summed E-state index contributed by atoms with van der Waals surface area (Å²) in [5.74, 6) is 0. The fourth-order valence-electron chi connectivity index (χ4n) is 22.7. The predicted octanol–water partition coefficient (Wildman–Crippen LogP) is 40.0. The summed E-state index contributed by atoms with van der Waals surface area (Å²) in [6, 6.07) is 215. The summed E-state index contributed by atoms with van der Waals surface area (Å²) in [4.78, 5) is 7.05. The van der Waals surface area contributed by atoms with Crippen molar-refractivity contribution in [3.05, 3.63) is 595 Å². The van der Waals surface area contributed by atoms with Crippen LogP contribution < -0.4 is 14.7 Å². The van der Waals surface area contributed by atoms with Gasteiger partial charge in [0.2, 0.25) is 0 Å². The van der Waals surface area contributed by atoms with Crippen LogP contribution in [-0.2, 0) is 0 Å². The molecule has 0 aliphatic carbocycles. The third-order valence-corrected chi connectivity index (χ3v) is 29.9. The van der Waals surface area contributed by atoms with Gasteiger partial charge in [-0.1, -0.05) is 406 Å². The van der Waals surface area contributed by atoms with Crippen LogP contribution in [0.1, 0.15) is 0 Å². The molecule has 704 valence electrons.